The summed E-state index contributed by atoms with van der Waals surface area (Å²) in [6, 6.07) is 10.1. The Balaban J connectivity index is 2.11. The lowest BCUT2D eigenvalue weighted by atomic mass is 9.85. The van der Waals surface area contributed by atoms with Crippen molar-refractivity contribution in [1.82, 2.24) is 0 Å². The van der Waals surface area contributed by atoms with E-state index >= 15 is 0 Å². The molecule has 1 heterocycles. The van der Waals surface area contributed by atoms with Crippen molar-refractivity contribution in [1.29, 1.82) is 0 Å². The van der Waals surface area contributed by atoms with Crippen LogP contribution < -0.4 is 0 Å². The highest BCUT2D eigenvalue weighted by atomic mass is 16.6. The van der Waals surface area contributed by atoms with Crippen LogP contribution in [0.3, 0.4) is 0 Å². The second-order valence-electron chi connectivity index (χ2n) is 4.45. The van der Waals surface area contributed by atoms with E-state index in [0.29, 0.717) is 6.61 Å². The predicted octanol–water partition coefficient (Wildman–Crippen LogP) is 2.22. The summed E-state index contributed by atoms with van der Waals surface area (Å²) in [6.07, 6.45) is 0.784. The van der Waals surface area contributed by atoms with E-state index in [-0.39, 0.29) is 17.3 Å². The Bertz CT molecular complexity index is 352. The van der Waals surface area contributed by atoms with Gasteiger partial charge in [0.25, 0.3) is 0 Å². The standard InChI is InChI=1S/C13H16O2/c1-10(14)12(13(2)9-15-13)8-11-6-4-3-5-7-11/h3-7,12H,8-9H2,1-2H3. The lowest BCUT2D eigenvalue weighted by Crippen LogP contribution is -2.29. The first-order valence-electron chi connectivity index (χ1n) is 5.30. The molecule has 1 aliphatic rings. The number of ketones is 1. The van der Waals surface area contributed by atoms with Gasteiger partial charge in [0, 0.05) is 0 Å². The fourth-order valence-electron chi connectivity index (χ4n) is 1.95. The molecular weight excluding hydrogens is 188 g/mol. The van der Waals surface area contributed by atoms with E-state index in [0.717, 1.165) is 6.42 Å². The third kappa shape index (κ3) is 2.26. The van der Waals surface area contributed by atoms with Crippen LogP contribution in [0.2, 0.25) is 0 Å². The van der Waals surface area contributed by atoms with Gasteiger partial charge in [-0.15, -0.1) is 0 Å². The maximum atomic E-state index is 11.6. The first-order valence-corrected chi connectivity index (χ1v) is 5.30. The fourth-order valence-corrected chi connectivity index (χ4v) is 1.95. The van der Waals surface area contributed by atoms with E-state index < -0.39 is 0 Å². The van der Waals surface area contributed by atoms with Gasteiger partial charge in [0.1, 0.15) is 5.78 Å². The highest BCUT2D eigenvalue weighted by Gasteiger charge is 2.48. The molecule has 1 aliphatic heterocycles. The molecule has 1 aromatic carbocycles. The summed E-state index contributed by atoms with van der Waals surface area (Å²) in [6.45, 7) is 4.38. The largest absolute Gasteiger partial charge is 0.369 e. The van der Waals surface area contributed by atoms with Crippen molar-refractivity contribution >= 4 is 5.78 Å². The molecule has 0 radical (unpaired) electrons. The zero-order chi connectivity index (χ0) is 10.9. The number of benzene rings is 1. The molecule has 0 N–H and O–H groups in total. The molecule has 0 bridgehead atoms. The van der Waals surface area contributed by atoms with Crippen molar-refractivity contribution in [3.63, 3.8) is 0 Å². The van der Waals surface area contributed by atoms with Gasteiger partial charge in [-0.25, -0.2) is 0 Å². The molecule has 0 saturated carbocycles. The van der Waals surface area contributed by atoms with Crippen LogP contribution in [0.1, 0.15) is 19.4 Å². The van der Waals surface area contributed by atoms with Gasteiger partial charge in [0.2, 0.25) is 0 Å². The topological polar surface area (TPSA) is 29.6 Å². The number of carbonyl (C=O) groups excluding carboxylic acids is 1. The van der Waals surface area contributed by atoms with Crippen molar-refractivity contribution in [3.8, 4) is 0 Å². The van der Waals surface area contributed by atoms with Crippen LogP contribution in [-0.4, -0.2) is 18.0 Å². The Morgan fingerprint density at radius 3 is 2.53 bits per heavy atom. The molecule has 0 aromatic heterocycles. The third-order valence-electron chi connectivity index (χ3n) is 3.11. The van der Waals surface area contributed by atoms with Crippen LogP contribution in [0.25, 0.3) is 0 Å². The molecule has 80 valence electrons. The van der Waals surface area contributed by atoms with Gasteiger partial charge in [0.15, 0.2) is 0 Å². The van der Waals surface area contributed by atoms with Gasteiger partial charge in [-0.05, 0) is 25.8 Å². The second kappa shape index (κ2) is 3.78. The average Bonchev–Trinajstić information content (AvgIpc) is 2.95. The molecule has 2 rings (SSSR count). The molecule has 2 nitrogen and oxygen atoms in total. The predicted molar refractivity (Wildman–Crippen MR) is 58.7 cm³/mol. The Hall–Kier alpha value is -1.15. The zero-order valence-corrected chi connectivity index (χ0v) is 9.19. The van der Waals surface area contributed by atoms with Gasteiger partial charge >= 0.3 is 0 Å². The number of Topliss-reactive ketones (excluding diaryl/α,β-unsaturated/α-hetero) is 1. The molecule has 2 atom stereocenters. The molecule has 1 aromatic rings. The van der Waals surface area contributed by atoms with E-state index in [9.17, 15) is 4.79 Å². The van der Waals surface area contributed by atoms with E-state index in [1.165, 1.54) is 5.56 Å². The maximum absolute atomic E-state index is 11.6. The number of epoxide rings is 1. The SMILES string of the molecule is CC(=O)C(Cc1ccccc1)C1(C)CO1. The van der Waals surface area contributed by atoms with Crippen molar-refractivity contribution in [2.24, 2.45) is 5.92 Å². The monoisotopic (exact) mass is 204 g/mol. The minimum atomic E-state index is -0.207. The van der Waals surface area contributed by atoms with Crippen molar-refractivity contribution in [2.75, 3.05) is 6.61 Å². The van der Waals surface area contributed by atoms with Crippen LogP contribution >= 0.6 is 0 Å². The molecule has 0 aliphatic carbocycles. The van der Waals surface area contributed by atoms with E-state index in [1.807, 2.05) is 25.1 Å². The summed E-state index contributed by atoms with van der Waals surface area (Å²) in [7, 11) is 0. The van der Waals surface area contributed by atoms with Crippen molar-refractivity contribution in [3.05, 3.63) is 35.9 Å². The smallest absolute Gasteiger partial charge is 0.136 e. The van der Waals surface area contributed by atoms with E-state index in [4.69, 9.17) is 4.74 Å². The first-order chi connectivity index (χ1) is 7.12. The Morgan fingerprint density at radius 2 is 2.07 bits per heavy atom. The Labute approximate surface area is 90.3 Å². The molecule has 1 fully saturated rings. The van der Waals surface area contributed by atoms with Gasteiger partial charge in [-0.3, -0.25) is 4.79 Å². The van der Waals surface area contributed by atoms with E-state index in [1.54, 1.807) is 6.92 Å². The van der Waals surface area contributed by atoms with E-state index in [2.05, 4.69) is 12.1 Å². The summed E-state index contributed by atoms with van der Waals surface area (Å²) in [5, 5.41) is 0. The number of hydrogen-bond acceptors (Lipinski definition) is 2. The summed E-state index contributed by atoms with van der Waals surface area (Å²) in [4.78, 5) is 11.6. The third-order valence-corrected chi connectivity index (χ3v) is 3.11. The highest BCUT2D eigenvalue weighted by Crippen LogP contribution is 2.37. The normalized spacial score (nSPS) is 26.0. The van der Waals surface area contributed by atoms with Crippen molar-refractivity contribution in [2.45, 2.75) is 25.9 Å². The number of carbonyl (C=O) groups is 1. The van der Waals surface area contributed by atoms with Crippen LogP contribution in [0.5, 0.6) is 0 Å². The fraction of sp³-hybridized carbons (Fsp3) is 0.462. The maximum Gasteiger partial charge on any atom is 0.136 e. The molecular formula is C13H16O2. The van der Waals surface area contributed by atoms with Crippen LogP contribution in [0.15, 0.2) is 30.3 Å². The number of hydrogen-bond donors (Lipinski definition) is 0. The molecule has 0 amide bonds. The Kier molecular flexibility index (Phi) is 2.61. The molecule has 2 unspecified atom stereocenters. The summed E-state index contributed by atoms with van der Waals surface area (Å²) >= 11 is 0. The minimum absolute atomic E-state index is 0.0000926. The number of ether oxygens (including phenoxy) is 1. The summed E-state index contributed by atoms with van der Waals surface area (Å²) in [5.41, 5.74) is 0.996. The van der Waals surface area contributed by atoms with Crippen LogP contribution in [0, 0.1) is 5.92 Å². The minimum Gasteiger partial charge on any atom is -0.369 e. The van der Waals surface area contributed by atoms with Gasteiger partial charge in [0.05, 0.1) is 18.1 Å². The van der Waals surface area contributed by atoms with Gasteiger partial charge in [-0.1, -0.05) is 30.3 Å². The lowest BCUT2D eigenvalue weighted by molar-refractivity contribution is -0.122. The first kappa shape index (κ1) is 10.4. The quantitative estimate of drug-likeness (QED) is 0.704. The molecule has 0 spiro atoms. The molecule has 1 saturated heterocycles. The second-order valence-corrected chi connectivity index (χ2v) is 4.45. The summed E-state index contributed by atoms with van der Waals surface area (Å²) < 4.78 is 5.37. The van der Waals surface area contributed by atoms with Crippen LogP contribution in [-0.2, 0) is 16.0 Å². The lowest BCUT2D eigenvalue weighted by Gasteiger charge is -2.17. The van der Waals surface area contributed by atoms with Gasteiger partial charge < -0.3 is 4.74 Å². The van der Waals surface area contributed by atoms with Crippen LogP contribution in [0.4, 0.5) is 0 Å². The molecule has 2 heteroatoms. The molecule has 15 heavy (non-hydrogen) atoms. The zero-order valence-electron chi connectivity index (χ0n) is 9.19. The van der Waals surface area contributed by atoms with Gasteiger partial charge in [-0.2, -0.15) is 0 Å². The average molecular weight is 204 g/mol. The Morgan fingerprint density at radius 1 is 1.47 bits per heavy atom. The highest BCUT2D eigenvalue weighted by molar-refractivity contribution is 5.80. The number of rotatable bonds is 4. The summed E-state index contributed by atoms with van der Waals surface area (Å²) in [5.74, 6) is 0.221. The van der Waals surface area contributed by atoms with Crippen molar-refractivity contribution < 1.29 is 9.53 Å².